The Morgan fingerprint density at radius 1 is 1.00 bits per heavy atom. The Morgan fingerprint density at radius 2 is 1.94 bits per heavy atom. The minimum Gasteiger partial charge on any atom is -0.262 e. The molecule has 0 aliphatic carbocycles. The molecular weight excluding hydrogens is 226 g/mol. The van der Waals surface area contributed by atoms with E-state index in [1.807, 2.05) is 37.3 Å². The van der Waals surface area contributed by atoms with Gasteiger partial charge in [-0.25, -0.2) is 4.68 Å². The van der Waals surface area contributed by atoms with E-state index in [4.69, 9.17) is 0 Å². The van der Waals surface area contributed by atoms with Crippen LogP contribution in [-0.2, 0) is 0 Å². The maximum absolute atomic E-state index is 4.29. The van der Waals surface area contributed by atoms with Crippen LogP contribution in [0.25, 0.3) is 17.1 Å². The zero-order chi connectivity index (χ0) is 12.4. The molecule has 3 rings (SSSR count). The second-order valence-corrected chi connectivity index (χ2v) is 3.90. The molecule has 0 aliphatic heterocycles. The van der Waals surface area contributed by atoms with Gasteiger partial charge in [-0.2, -0.15) is 10.2 Å². The normalized spacial score (nSPS) is 10.5. The topological polar surface area (TPSA) is 56.5 Å². The van der Waals surface area contributed by atoms with Crippen LogP contribution in [0.5, 0.6) is 0 Å². The molecule has 0 unspecified atom stereocenters. The van der Waals surface area contributed by atoms with E-state index in [-0.39, 0.29) is 0 Å². The Morgan fingerprint density at radius 3 is 2.67 bits per heavy atom. The van der Waals surface area contributed by atoms with Crippen LogP contribution >= 0.6 is 0 Å². The molecule has 0 amide bonds. The van der Waals surface area contributed by atoms with Gasteiger partial charge in [0.15, 0.2) is 0 Å². The van der Waals surface area contributed by atoms with Crippen LogP contribution in [0.2, 0.25) is 0 Å². The number of aryl methyl sites for hydroxylation is 1. The lowest BCUT2D eigenvalue weighted by atomic mass is 10.2. The highest BCUT2D eigenvalue weighted by atomic mass is 15.3. The number of pyridine rings is 1. The van der Waals surface area contributed by atoms with Gasteiger partial charge in [-0.05, 0) is 37.3 Å². The summed E-state index contributed by atoms with van der Waals surface area (Å²) in [5.74, 6) is 0. The average molecular weight is 237 g/mol. The molecule has 3 aromatic heterocycles. The fourth-order valence-electron chi connectivity index (χ4n) is 1.72. The molecule has 3 heterocycles. The van der Waals surface area contributed by atoms with Crippen LogP contribution in [-0.4, -0.2) is 25.0 Å². The fourth-order valence-corrected chi connectivity index (χ4v) is 1.72. The fraction of sp³-hybridized carbons (Fsp3) is 0.0769. The zero-order valence-corrected chi connectivity index (χ0v) is 9.85. The van der Waals surface area contributed by atoms with Crippen molar-refractivity contribution in [3.63, 3.8) is 0 Å². The molecule has 0 saturated carbocycles. The van der Waals surface area contributed by atoms with E-state index in [0.29, 0.717) is 0 Å². The molecule has 0 N–H and O–H groups in total. The molecule has 0 aromatic carbocycles. The molecular formula is C13H11N5. The first-order valence-electron chi connectivity index (χ1n) is 5.60. The Kier molecular flexibility index (Phi) is 2.57. The number of hydrogen-bond donors (Lipinski definition) is 0. The molecule has 88 valence electrons. The standard InChI is InChI=1S/C13H11N5/c1-10-4-5-12(17-16-10)13-6-8-15-18(13)11-3-2-7-14-9-11/h2-9H,1H3. The number of aromatic nitrogens is 5. The van der Waals surface area contributed by atoms with Gasteiger partial charge in [0, 0.05) is 6.20 Å². The van der Waals surface area contributed by atoms with Crippen molar-refractivity contribution in [1.82, 2.24) is 25.0 Å². The van der Waals surface area contributed by atoms with E-state index in [2.05, 4.69) is 20.3 Å². The maximum Gasteiger partial charge on any atom is 0.111 e. The molecule has 0 aliphatic rings. The molecule has 5 nitrogen and oxygen atoms in total. The Labute approximate surface area is 104 Å². The van der Waals surface area contributed by atoms with Gasteiger partial charge in [0.1, 0.15) is 5.69 Å². The SMILES string of the molecule is Cc1ccc(-c2ccnn2-c2cccnc2)nn1. The lowest BCUT2D eigenvalue weighted by Crippen LogP contribution is -2.01. The van der Waals surface area contributed by atoms with Gasteiger partial charge in [-0.3, -0.25) is 4.98 Å². The van der Waals surface area contributed by atoms with Crippen molar-refractivity contribution in [3.8, 4) is 17.1 Å². The van der Waals surface area contributed by atoms with Gasteiger partial charge in [0.2, 0.25) is 0 Å². The van der Waals surface area contributed by atoms with E-state index >= 15 is 0 Å². The molecule has 0 spiro atoms. The number of nitrogens with zero attached hydrogens (tertiary/aromatic N) is 5. The second-order valence-electron chi connectivity index (χ2n) is 3.90. The maximum atomic E-state index is 4.29. The molecule has 18 heavy (non-hydrogen) atoms. The molecule has 0 bridgehead atoms. The van der Waals surface area contributed by atoms with Crippen molar-refractivity contribution >= 4 is 0 Å². The Hall–Kier alpha value is -2.56. The third-order valence-electron chi connectivity index (χ3n) is 2.59. The lowest BCUT2D eigenvalue weighted by molar-refractivity contribution is 0.869. The highest BCUT2D eigenvalue weighted by Crippen LogP contribution is 2.19. The lowest BCUT2D eigenvalue weighted by Gasteiger charge is -2.05. The monoisotopic (exact) mass is 237 g/mol. The predicted octanol–water partition coefficient (Wildman–Crippen LogP) is 2.03. The summed E-state index contributed by atoms with van der Waals surface area (Å²) in [4.78, 5) is 4.09. The van der Waals surface area contributed by atoms with Crippen LogP contribution < -0.4 is 0 Å². The van der Waals surface area contributed by atoms with Crippen molar-refractivity contribution < 1.29 is 0 Å². The second kappa shape index (κ2) is 4.37. The third-order valence-corrected chi connectivity index (χ3v) is 2.59. The van der Waals surface area contributed by atoms with Crippen LogP contribution in [0.4, 0.5) is 0 Å². The van der Waals surface area contributed by atoms with Crippen LogP contribution in [0, 0.1) is 6.92 Å². The first-order chi connectivity index (χ1) is 8.84. The third kappa shape index (κ3) is 1.86. The van der Waals surface area contributed by atoms with Gasteiger partial charge in [-0.15, -0.1) is 5.10 Å². The summed E-state index contributed by atoms with van der Waals surface area (Å²) >= 11 is 0. The van der Waals surface area contributed by atoms with Gasteiger partial charge >= 0.3 is 0 Å². The Bertz CT molecular complexity index is 643. The van der Waals surface area contributed by atoms with E-state index in [1.165, 1.54) is 0 Å². The van der Waals surface area contributed by atoms with Crippen LogP contribution in [0.15, 0.2) is 48.9 Å². The minimum absolute atomic E-state index is 0.793. The summed E-state index contributed by atoms with van der Waals surface area (Å²) in [5, 5.41) is 12.5. The van der Waals surface area contributed by atoms with Gasteiger partial charge in [-0.1, -0.05) is 0 Å². The van der Waals surface area contributed by atoms with E-state index in [1.54, 1.807) is 23.3 Å². The molecule has 0 atom stereocenters. The summed E-state index contributed by atoms with van der Waals surface area (Å²) in [6.07, 6.45) is 5.24. The molecule has 0 radical (unpaired) electrons. The Balaban J connectivity index is 2.10. The van der Waals surface area contributed by atoms with E-state index in [9.17, 15) is 0 Å². The van der Waals surface area contributed by atoms with Gasteiger partial charge in [0.25, 0.3) is 0 Å². The molecule has 0 fully saturated rings. The first kappa shape index (κ1) is 10.6. The minimum atomic E-state index is 0.793. The highest BCUT2D eigenvalue weighted by Gasteiger charge is 2.08. The summed E-state index contributed by atoms with van der Waals surface area (Å²) in [6.45, 7) is 1.91. The van der Waals surface area contributed by atoms with Crippen molar-refractivity contribution in [2.45, 2.75) is 6.92 Å². The van der Waals surface area contributed by atoms with E-state index in [0.717, 1.165) is 22.8 Å². The summed E-state index contributed by atoms with van der Waals surface area (Å²) < 4.78 is 1.80. The zero-order valence-electron chi connectivity index (χ0n) is 9.85. The quantitative estimate of drug-likeness (QED) is 0.684. The summed E-state index contributed by atoms with van der Waals surface area (Å²) in [5.41, 5.74) is 3.49. The van der Waals surface area contributed by atoms with Gasteiger partial charge < -0.3 is 0 Å². The highest BCUT2D eigenvalue weighted by molar-refractivity contribution is 5.56. The van der Waals surface area contributed by atoms with Crippen molar-refractivity contribution in [3.05, 3.63) is 54.6 Å². The molecule has 0 saturated heterocycles. The largest absolute Gasteiger partial charge is 0.262 e. The number of rotatable bonds is 2. The summed E-state index contributed by atoms with van der Waals surface area (Å²) in [7, 11) is 0. The smallest absolute Gasteiger partial charge is 0.111 e. The molecule has 5 heteroatoms. The predicted molar refractivity (Wildman–Crippen MR) is 67.1 cm³/mol. The van der Waals surface area contributed by atoms with Crippen molar-refractivity contribution in [2.75, 3.05) is 0 Å². The van der Waals surface area contributed by atoms with Gasteiger partial charge in [0.05, 0.1) is 29.5 Å². The number of hydrogen-bond acceptors (Lipinski definition) is 4. The first-order valence-corrected chi connectivity index (χ1v) is 5.60. The summed E-state index contributed by atoms with van der Waals surface area (Å²) in [6, 6.07) is 9.61. The van der Waals surface area contributed by atoms with Crippen LogP contribution in [0.1, 0.15) is 5.69 Å². The van der Waals surface area contributed by atoms with Crippen LogP contribution in [0.3, 0.4) is 0 Å². The van der Waals surface area contributed by atoms with Crippen molar-refractivity contribution in [2.24, 2.45) is 0 Å². The molecule has 3 aromatic rings. The average Bonchev–Trinajstić information content (AvgIpc) is 2.90. The van der Waals surface area contributed by atoms with Crippen molar-refractivity contribution in [1.29, 1.82) is 0 Å². The van der Waals surface area contributed by atoms with E-state index < -0.39 is 0 Å².